The fourth-order valence-corrected chi connectivity index (χ4v) is 2.91. The topological polar surface area (TPSA) is 42.1 Å². The van der Waals surface area contributed by atoms with Crippen molar-refractivity contribution in [3.8, 4) is 0 Å². The van der Waals surface area contributed by atoms with Gasteiger partial charge in [-0.25, -0.2) is 4.98 Å². The van der Waals surface area contributed by atoms with Crippen LogP contribution in [0.1, 0.15) is 51.6 Å². The Balaban J connectivity index is 2.07. The minimum absolute atomic E-state index is 0.0807. The fraction of sp³-hybridized carbons (Fsp3) is 0.688. The summed E-state index contributed by atoms with van der Waals surface area (Å²) in [6, 6.07) is 4.25. The summed E-state index contributed by atoms with van der Waals surface area (Å²) in [6.45, 7) is 8.96. The first kappa shape index (κ1) is 14.3. The number of nitrogens with zero attached hydrogens (tertiary/aromatic N) is 2. The summed E-state index contributed by atoms with van der Waals surface area (Å²) in [7, 11) is 0. The molecule has 0 amide bonds. The maximum atomic E-state index is 5.96. The highest BCUT2D eigenvalue weighted by atomic mass is 15.2. The van der Waals surface area contributed by atoms with E-state index in [2.05, 4.69) is 29.8 Å². The Bertz CT molecular complexity index is 401. The first-order valence-electron chi connectivity index (χ1n) is 7.54. The van der Waals surface area contributed by atoms with E-state index >= 15 is 0 Å². The van der Waals surface area contributed by atoms with Gasteiger partial charge in [-0.1, -0.05) is 13.8 Å². The molecule has 0 radical (unpaired) electrons. The summed E-state index contributed by atoms with van der Waals surface area (Å²) in [5, 5.41) is 0. The molecule has 0 aromatic carbocycles. The molecule has 1 saturated heterocycles. The first-order valence-corrected chi connectivity index (χ1v) is 7.54. The van der Waals surface area contributed by atoms with Crippen LogP contribution in [-0.2, 0) is 0 Å². The molecular formula is C16H27N3. The standard InChI is InChI=1S/C16H27N3/c1-12(2)14-5-4-9-19(10-7-14)16-11-15(13(3)17)6-8-18-16/h6,8,11-14H,4-5,7,9-10,17H2,1-3H3. The Hall–Kier alpha value is -1.09. The van der Waals surface area contributed by atoms with Gasteiger partial charge < -0.3 is 10.6 Å². The summed E-state index contributed by atoms with van der Waals surface area (Å²) < 4.78 is 0. The molecule has 1 aliphatic heterocycles. The second-order valence-corrected chi connectivity index (χ2v) is 6.16. The molecule has 2 unspecified atom stereocenters. The fourth-order valence-electron chi connectivity index (χ4n) is 2.91. The van der Waals surface area contributed by atoms with Crippen LogP contribution in [0.2, 0.25) is 0 Å². The van der Waals surface area contributed by atoms with Crippen LogP contribution in [0.5, 0.6) is 0 Å². The van der Waals surface area contributed by atoms with Gasteiger partial charge in [-0.2, -0.15) is 0 Å². The Morgan fingerprint density at radius 1 is 1.26 bits per heavy atom. The van der Waals surface area contributed by atoms with Crippen LogP contribution in [0.3, 0.4) is 0 Å². The molecule has 2 rings (SSSR count). The van der Waals surface area contributed by atoms with Crippen LogP contribution in [0.15, 0.2) is 18.3 Å². The molecule has 3 heteroatoms. The summed E-state index contributed by atoms with van der Waals surface area (Å²) in [5.41, 5.74) is 7.13. The van der Waals surface area contributed by atoms with Crippen molar-refractivity contribution in [1.82, 2.24) is 4.98 Å². The largest absolute Gasteiger partial charge is 0.357 e. The minimum Gasteiger partial charge on any atom is -0.357 e. The molecule has 0 aliphatic carbocycles. The third-order valence-corrected chi connectivity index (χ3v) is 4.33. The van der Waals surface area contributed by atoms with Crippen molar-refractivity contribution < 1.29 is 0 Å². The molecule has 3 nitrogen and oxygen atoms in total. The van der Waals surface area contributed by atoms with Crippen molar-refractivity contribution in [2.75, 3.05) is 18.0 Å². The highest BCUT2D eigenvalue weighted by Crippen LogP contribution is 2.27. The van der Waals surface area contributed by atoms with Crippen molar-refractivity contribution in [3.05, 3.63) is 23.9 Å². The lowest BCUT2D eigenvalue weighted by molar-refractivity contribution is 0.351. The van der Waals surface area contributed by atoms with Crippen molar-refractivity contribution in [1.29, 1.82) is 0 Å². The number of anilines is 1. The second kappa shape index (κ2) is 6.38. The van der Waals surface area contributed by atoms with Gasteiger partial charge >= 0.3 is 0 Å². The van der Waals surface area contributed by atoms with E-state index in [1.165, 1.54) is 24.8 Å². The van der Waals surface area contributed by atoms with Crippen molar-refractivity contribution in [2.45, 2.75) is 46.1 Å². The number of rotatable bonds is 3. The predicted octanol–water partition coefficient (Wildman–Crippen LogP) is 3.36. The van der Waals surface area contributed by atoms with E-state index < -0.39 is 0 Å². The first-order chi connectivity index (χ1) is 9.08. The molecule has 2 atom stereocenters. The van der Waals surface area contributed by atoms with E-state index in [1.807, 2.05) is 19.2 Å². The van der Waals surface area contributed by atoms with Gasteiger partial charge in [0.05, 0.1) is 0 Å². The molecule has 106 valence electrons. The van der Waals surface area contributed by atoms with E-state index in [1.54, 1.807) is 0 Å². The molecular weight excluding hydrogens is 234 g/mol. The number of aromatic nitrogens is 1. The quantitative estimate of drug-likeness (QED) is 0.907. The molecule has 1 aromatic rings. The average molecular weight is 261 g/mol. The zero-order valence-corrected chi connectivity index (χ0v) is 12.5. The lowest BCUT2D eigenvalue weighted by atomic mass is 9.89. The highest BCUT2D eigenvalue weighted by molar-refractivity contribution is 5.41. The maximum Gasteiger partial charge on any atom is 0.128 e. The number of nitrogens with two attached hydrogens (primary N) is 1. The van der Waals surface area contributed by atoms with Crippen molar-refractivity contribution >= 4 is 5.82 Å². The van der Waals surface area contributed by atoms with Crippen LogP contribution < -0.4 is 10.6 Å². The van der Waals surface area contributed by atoms with Gasteiger partial charge in [-0.3, -0.25) is 0 Å². The van der Waals surface area contributed by atoms with Gasteiger partial charge in [0, 0.05) is 25.3 Å². The van der Waals surface area contributed by atoms with Crippen molar-refractivity contribution in [2.24, 2.45) is 17.6 Å². The Labute approximate surface area is 117 Å². The zero-order valence-electron chi connectivity index (χ0n) is 12.5. The van der Waals surface area contributed by atoms with Gasteiger partial charge in [-0.05, 0) is 55.7 Å². The zero-order chi connectivity index (χ0) is 13.8. The van der Waals surface area contributed by atoms with E-state index in [0.717, 1.165) is 30.7 Å². The van der Waals surface area contributed by atoms with E-state index in [-0.39, 0.29) is 6.04 Å². The van der Waals surface area contributed by atoms with Gasteiger partial charge in [0.1, 0.15) is 5.82 Å². The lowest BCUT2D eigenvalue weighted by Crippen LogP contribution is -2.25. The van der Waals surface area contributed by atoms with Crippen LogP contribution in [0.25, 0.3) is 0 Å². The SMILES string of the molecule is CC(N)c1ccnc(N2CCCC(C(C)C)CC2)c1. The van der Waals surface area contributed by atoms with E-state index in [9.17, 15) is 0 Å². The third kappa shape index (κ3) is 3.69. The van der Waals surface area contributed by atoms with Crippen molar-refractivity contribution in [3.63, 3.8) is 0 Å². The predicted molar refractivity (Wildman–Crippen MR) is 81.2 cm³/mol. The van der Waals surface area contributed by atoms with Crippen LogP contribution in [0.4, 0.5) is 5.82 Å². The number of pyridine rings is 1. The Morgan fingerprint density at radius 3 is 2.74 bits per heavy atom. The van der Waals surface area contributed by atoms with Gasteiger partial charge in [-0.15, -0.1) is 0 Å². The van der Waals surface area contributed by atoms with Gasteiger partial charge in [0.15, 0.2) is 0 Å². The molecule has 1 aromatic heterocycles. The molecule has 1 aliphatic rings. The Kier molecular flexibility index (Phi) is 4.81. The Morgan fingerprint density at radius 2 is 2.05 bits per heavy atom. The van der Waals surface area contributed by atoms with Crippen LogP contribution >= 0.6 is 0 Å². The second-order valence-electron chi connectivity index (χ2n) is 6.16. The van der Waals surface area contributed by atoms with Gasteiger partial charge in [0.2, 0.25) is 0 Å². The summed E-state index contributed by atoms with van der Waals surface area (Å²) in [4.78, 5) is 6.95. The monoisotopic (exact) mass is 261 g/mol. The smallest absolute Gasteiger partial charge is 0.128 e. The van der Waals surface area contributed by atoms with E-state index in [0.29, 0.717) is 0 Å². The molecule has 2 heterocycles. The molecule has 1 fully saturated rings. The normalized spacial score (nSPS) is 22.4. The van der Waals surface area contributed by atoms with Crippen LogP contribution in [-0.4, -0.2) is 18.1 Å². The molecule has 0 bridgehead atoms. The lowest BCUT2D eigenvalue weighted by Gasteiger charge is -2.23. The molecule has 2 N–H and O–H groups in total. The highest BCUT2D eigenvalue weighted by Gasteiger charge is 2.20. The molecule has 0 spiro atoms. The maximum absolute atomic E-state index is 5.96. The van der Waals surface area contributed by atoms with E-state index in [4.69, 9.17) is 5.73 Å². The summed E-state index contributed by atoms with van der Waals surface area (Å²) >= 11 is 0. The minimum atomic E-state index is 0.0807. The van der Waals surface area contributed by atoms with Crippen LogP contribution in [0, 0.1) is 11.8 Å². The molecule has 19 heavy (non-hydrogen) atoms. The summed E-state index contributed by atoms with van der Waals surface area (Å²) in [5.74, 6) is 2.75. The average Bonchev–Trinajstić information content (AvgIpc) is 2.64. The summed E-state index contributed by atoms with van der Waals surface area (Å²) in [6.07, 6.45) is 5.79. The third-order valence-electron chi connectivity index (χ3n) is 4.33. The molecule has 0 saturated carbocycles. The number of hydrogen-bond acceptors (Lipinski definition) is 3. The van der Waals surface area contributed by atoms with Gasteiger partial charge in [0.25, 0.3) is 0 Å². The number of hydrogen-bond donors (Lipinski definition) is 1.